The van der Waals surface area contributed by atoms with Crippen molar-refractivity contribution in [2.45, 2.75) is 38.9 Å². The fourth-order valence-electron chi connectivity index (χ4n) is 5.29. The Hall–Kier alpha value is -2.52. The highest BCUT2D eigenvalue weighted by molar-refractivity contribution is 6.35. The van der Waals surface area contributed by atoms with E-state index in [0.29, 0.717) is 28.1 Å². The average Bonchev–Trinajstić information content (AvgIpc) is 3.21. The van der Waals surface area contributed by atoms with Gasteiger partial charge in [0.2, 0.25) is 0 Å². The number of nitrogens with one attached hydrogen (secondary N) is 1. The Morgan fingerprint density at radius 2 is 1.83 bits per heavy atom. The molecule has 3 amide bonds. The summed E-state index contributed by atoms with van der Waals surface area (Å²) < 4.78 is 5.59. The van der Waals surface area contributed by atoms with E-state index in [2.05, 4.69) is 22.0 Å². The lowest BCUT2D eigenvalue weighted by Crippen LogP contribution is -2.66. The van der Waals surface area contributed by atoms with Crippen LogP contribution in [0.3, 0.4) is 0 Å². The van der Waals surface area contributed by atoms with Crippen LogP contribution in [0.1, 0.15) is 19.4 Å². The minimum absolute atomic E-state index is 0.0951. The van der Waals surface area contributed by atoms with Gasteiger partial charge < -0.3 is 14.5 Å². The monoisotopic (exact) mass is 517 g/mol. The van der Waals surface area contributed by atoms with Crippen LogP contribution in [0.25, 0.3) is 0 Å². The summed E-state index contributed by atoms with van der Waals surface area (Å²) in [5, 5.41) is 4.49. The summed E-state index contributed by atoms with van der Waals surface area (Å²) >= 11 is 12.4. The zero-order valence-electron chi connectivity index (χ0n) is 19.9. The van der Waals surface area contributed by atoms with Gasteiger partial charge >= 0.3 is 6.03 Å². The van der Waals surface area contributed by atoms with Crippen LogP contribution in [0, 0.1) is 5.92 Å². The number of ether oxygens (including phenoxy) is 1. The largest absolute Gasteiger partial charge is 0.494 e. The van der Waals surface area contributed by atoms with Crippen LogP contribution in [0.4, 0.5) is 10.5 Å². The molecule has 3 heterocycles. The standard InChI is InChI=1S/C25H29Cl2N5O3/c1-4-35-19-9-7-18(8-10-19)30-12-15(2)13-31-21-22(28-24(30)31)29(3)25(34)32(23(21)33)14-16-5-6-17(26)11-20(16)27/h5-11,15,21-22,24,28H,4,12-14H2,1-3H3. The van der Waals surface area contributed by atoms with Gasteiger partial charge in [0.25, 0.3) is 5.91 Å². The lowest BCUT2D eigenvalue weighted by atomic mass is 10.0. The molecule has 1 N–H and O–H groups in total. The fraction of sp³-hybridized carbons (Fsp3) is 0.440. The smallest absolute Gasteiger partial charge is 0.328 e. The first-order valence-corrected chi connectivity index (χ1v) is 12.6. The van der Waals surface area contributed by atoms with Crippen molar-refractivity contribution in [3.63, 3.8) is 0 Å². The SMILES string of the molecule is CCOc1ccc(N2CC(C)CN3C4C(=O)N(Cc5ccc(Cl)cc5Cl)C(=O)N(C)C4NC23)cc1. The van der Waals surface area contributed by atoms with Crippen LogP contribution < -0.4 is 15.0 Å². The predicted molar refractivity (Wildman–Crippen MR) is 135 cm³/mol. The molecule has 3 aliphatic heterocycles. The van der Waals surface area contributed by atoms with E-state index in [1.165, 1.54) is 4.90 Å². The highest BCUT2D eigenvalue weighted by atomic mass is 35.5. The minimum Gasteiger partial charge on any atom is -0.494 e. The predicted octanol–water partition coefficient (Wildman–Crippen LogP) is 3.83. The second kappa shape index (κ2) is 9.50. The van der Waals surface area contributed by atoms with Crippen LogP contribution in [0.15, 0.2) is 42.5 Å². The van der Waals surface area contributed by atoms with Crippen LogP contribution >= 0.6 is 23.2 Å². The number of rotatable bonds is 5. The number of anilines is 1. The molecule has 0 aromatic heterocycles. The molecule has 4 atom stereocenters. The topological polar surface area (TPSA) is 68.4 Å². The van der Waals surface area contributed by atoms with Gasteiger partial charge in [-0.05, 0) is 54.8 Å². The Bertz CT molecular complexity index is 1130. The molecular formula is C25H29Cl2N5O3. The summed E-state index contributed by atoms with van der Waals surface area (Å²) in [6.45, 7) is 6.42. The Morgan fingerprint density at radius 1 is 1.09 bits per heavy atom. The first-order valence-electron chi connectivity index (χ1n) is 11.8. The van der Waals surface area contributed by atoms with Crippen molar-refractivity contribution < 1.29 is 14.3 Å². The average molecular weight is 518 g/mol. The molecule has 3 saturated heterocycles. The molecule has 0 radical (unpaired) electrons. The molecule has 3 fully saturated rings. The van der Waals surface area contributed by atoms with Crippen molar-refractivity contribution in [1.29, 1.82) is 0 Å². The molecule has 0 spiro atoms. The van der Waals surface area contributed by atoms with Crippen LogP contribution in [0.2, 0.25) is 10.0 Å². The molecule has 0 bridgehead atoms. The zero-order chi connectivity index (χ0) is 24.9. The van der Waals surface area contributed by atoms with Gasteiger partial charge in [0.05, 0.1) is 13.2 Å². The quantitative estimate of drug-likeness (QED) is 0.649. The molecular weight excluding hydrogens is 489 g/mol. The maximum absolute atomic E-state index is 13.8. The number of fused-ring (bicyclic) bond motifs is 3. The third-order valence-corrected chi connectivity index (χ3v) is 7.50. The number of carbonyl (C=O) groups is 2. The summed E-state index contributed by atoms with van der Waals surface area (Å²) in [5.41, 5.74) is 1.71. The molecule has 186 valence electrons. The van der Waals surface area contributed by atoms with Gasteiger partial charge in [0.15, 0.2) is 0 Å². The molecule has 2 aromatic carbocycles. The van der Waals surface area contributed by atoms with E-state index in [-0.39, 0.29) is 24.8 Å². The van der Waals surface area contributed by atoms with Gasteiger partial charge in [0.1, 0.15) is 24.2 Å². The zero-order valence-corrected chi connectivity index (χ0v) is 21.5. The number of amides is 3. The number of halogens is 2. The molecule has 0 aliphatic carbocycles. The van der Waals surface area contributed by atoms with E-state index >= 15 is 0 Å². The van der Waals surface area contributed by atoms with Crippen LogP contribution in [0.5, 0.6) is 5.75 Å². The highest BCUT2D eigenvalue weighted by Crippen LogP contribution is 2.35. The number of carbonyl (C=O) groups excluding carboxylic acids is 2. The fourth-order valence-corrected chi connectivity index (χ4v) is 5.75. The van der Waals surface area contributed by atoms with Gasteiger partial charge in [-0.2, -0.15) is 0 Å². The Labute approximate surface area is 215 Å². The van der Waals surface area contributed by atoms with E-state index in [1.54, 1.807) is 30.1 Å². The number of urea groups is 1. The van der Waals surface area contributed by atoms with Gasteiger partial charge in [-0.1, -0.05) is 36.2 Å². The second-order valence-corrected chi connectivity index (χ2v) is 10.2. The second-order valence-electron chi connectivity index (χ2n) is 9.36. The number of hydrogen-bond donors (Lipinski definition) is 1. The summed E-state index contributed by atoms with van der Waals surface area (Å²) in [6, 6.07) is 12.2. The molecule has 2 aromatic rings. The summed E-state index contributed by atoms with van der Waals surface area (Å²) in [6.07, 6.45) is -0.634. The highest BCUT2D eigenvalue weighted by Gasteiger charge is 2.56. The number of nitrogens with zero attached hydrogens (tertiary/aromatic N) is 4. The van der Waals surface area contributed by atoms with E-state index in [9.17, 15) is 9.59 Å². The summed E-state index contributed by atoms with van der Waals surface area (Å²) in [5.74, 6) is 0.927. The van der Waals surface area contributed by atoms with E-state index in [1.807, 2.05) is 31.2 Å². The van der Waals surface area contributed by atoms with Gasteiger partial charge in [-0.25, -0.2) is 4.79 Å². The first kappa shape index (κ1) is 24.2. The Morgan fingerprint density at radius 3 is 2.51 bits per heavy atom. The van der Waals surface area contributed by atoms with E-state index in [4.69, 9.17) is 27.9 Å². The van der Waals surface area contributed by atoms with Crippen molar-refractivity contribution in [2.75, 3.05) is 31.6 Å². The maximum atomic E-state index is 13.8. The lowest BCUT2D eigenvalue weighted by Gasteiger charge is -2.46. The lowest BCUT2D eigenvalue weighted by molar-refractivity contribution is -0.139. The van der Waals surface area contributed by atoms with Crippen LogP contribution in [-0.2, 0) is 11.3 Å². The minimum atomic E-state index is -0.498. The van der Waals surface area contributed by atoms with Crippen molar-refractivity contribution in [1.82, 2.24) is 20.0 Å². The van der Waals surface area contributed by atoms with E-state index in [0.717, 1.165) is 24.5 Å². The van der Waals surface area contributed by atoms with Crippen molar-refractivity contribution in [2.24, 2.45) is 5.92 Å². The molecule has 35 heavy (non-hydrogen) atoms. The molecule has 8 nitrogen and oxygen atoms in total. The van der Waals surface area contributed by atoms with Gasteiger partial charge in [0, 0.05) is 35.9 Å². The normalized spacial score (nSPS) is 26.7. The molecule has 3 aliphatic rings. The summed E-state index contributed by atoms with van der Waals surface area (Å²) in [7, 11) is 1.74. The first-order chi connectivity index (χ1) is 16.8. The Kier molecular flexibility index (Phi) is 6.57. The summed E-state index contributed by atoms with van der Waals surface area (Å²) in [4.78, 5) is 34.4. The molecule has 4 unspecified atom stereocenters. The number of likely N-dealkylation sites (N-methyl/N-ethyl adjacent to an activating group) is 1. The maximum Gasteiger partial charge on any atom is 0.328 e. The number of hydrogen-bond acceptors (Lipinski definition) is 6. The van der Waals surface area contributed by atoms with Crippen LogP contribution in [-0.4, -0.2) is 71.9 Å². The van der Waals surface area contributed by atoms with Crippen molar-refractivity contribution in [3.8, 4) is 5.75 Å². The molecule has 5 rings (SSSR count). The molecule has 10 heteroatoms. The molecule has 0 saturated carbocycles. The van der Waals surface area contributed by atoms with Gasteiger partial charge in [-0.3, -0.25) is 19.9 Å². The van der Waals surface area contributed by atoms with E-state index < -0.39 is 12.2 Å². The third kappa shape index (κ3) is 4.33. The Balaban J connectivity index is 1.43. The van der Waals surface area contributed by atoms with Gasteiger partial charge in [-0.15, -0.1) is 0 Å². The van der Waals surface area contributed by atoms with Crippen molar-refractivity contribution in [3.05, 3.63) is 58.1 Å². The number of benzene rings is 2. The number of imide groups is 1. The third-order valence-electron chi connectivity index (χ3n) is 6.91. The van der Waals surface area contributed by atoms with Crippen molar-refractivity contribution >= 4 is 40.8 Å².